The van der Waals surface area contributed by atoms with Crippen LogP contribution in [0, 0.1) is 0 Å². The Morgan fingerprint density at radius 2 is 2.09 bits per heavy atom. The Labute approximate surface area is 136 Å². The van der Waals surface area contributed by atoms with Crippen molar-refractivity contribution in [1.82, 2.24) is 14.8 Å². The van der Waals surface area contributed by atoms with E-state index in [0.29, 0.717) is 5.02 Å². The third-order valence-corrected chi connectivity index (χ3v) is 4.59. The summed E-state index contributed by atoms with van der Waals surface area (Å²) in [7, 11) is 0. The molecule has 5 nitrogen and oxygen atoms in total. The predicted octanol–water partition coefficient (Wildman–Crippen LogP) is 1.95. The number of ether oxygens (including phenoxy) is 1. The number of pyridine rings is 1. The van der Waals surface area contributed by atoms with Gasteiger partial charge in [0.25, 0.3) is 5.91 Å². The molecule has 0 bridgehead atoms. The topological polar surface area (TPSA) is 45.7 Å². The van der Waals surface area contributed by atoms with E-state index in [1.165, 1.54) is 0 Å². The van der Waals surface area contributed by atoms with E-state index < -0.39 is 0 Å². The van der Waals surface area contributed by atoms with Crippen LogP contribution in [0.1, 0.15) is 25.5 Å². The maximum absolute atomic E-state index is 12.4. The summed E-state index contributed by atoms with van der Waals surface area (Å²) in [5.41, 5.74) is 1.01. The van der Waals surface area contributed by atoms with Gasteiger partial charge in [-0.05, 0) is 31.9 Å². The molecule has 0 aromatic carbocycles. The van der Waals surface area contributed by atoms with E-state index in [-0.39, 0.29) is 18.1 Å². The zero-order valence-electron chi connectivity index (χ0n) is 12.9. The first-order valence-electron chi connectivity index (χ1n) is 7.89. The average molecular weight is 324 g/mol. The van der Waals surface area contributed by atoms with Gasteiger partial charge in [-0.25, -0.2) is 0 Å². The van der Waals surface area contributed by atoms with Gasteiger partial charge in [0.2, 0.25) is 0 Å². The molecule has 0 N–H and O–H groups in total. The molecule has 2 fully saturated rings. The lowest BCUT2D eigenvalue weighted by Gasteiger charge is -2.35. The highest BCUT2D eigenvalue weighted by molar-refractivity contribution is 6.30. The number of amides is 1. The molecule has 0 spiro atoms. The molecule has 2 saturated heterocycles. The Kier molecular flexibility index (Phi) is 4.96. The molecule has 22 heavy (non-hydrogen) atoms. The van der Waals surface area contributed by atoms with Gasteiger partial charge in [0.05, 0.1) is 16.8 Å². The third kappa shape index (κ3) is 3.77. The third-order valence-electron chi connectivity index (χ3n) is 4.37. The van der Waals surface area contributed by atoms with Crippen molar-refractivity contribution in [2.24, 2.45) is 0 Å². The minimum atomic E-state index is -0.223. The SMILES string of the molecule is CC1CCC(C(=O)N2CCN(Cc3ccc(Cl)cn3)CC2)O1. The number of carbonyl (C=O) groups is 1. The van der Waals surface area contributed by atoms with Crippen molar-refractivity contribution in [3.8, 4) is 0 Å². The van der Waals surface area contributed by atoms with Crippen LogP contribution in [0.15, 0.2) is 18.3 Å². The van der Waals surface area contributed by atoms with Gasteiger partial charge in [-0.15, -0.1) is 0 Å². The molecule has 2 aliphatic heterocycles. The first-order valence-corrected chi connectivity index (χ1v) is 8.26. The van der Waals surface area contributed by atoms with Crippen molar-refractivity contribution >= 4 is 17.5 Å². The van der Waals surface area contributed by atoms with E-state index in [2.05, 4.69) is 9.88 Å². The smallest absolute Gasteiger partial charge is 0.251 e. The fraction of sp³-hybridized carbons (Fsp3) is 0.625. The second-order valence-corrected chi connectivity index (χ2v) is 6.52. The molecule has 120 valence electrons. The number of aromatic nitrogens is 1. The van der Waals surface area contributed by atoms with E-state index >= 15 is 0 Å². The molecule has 2 atom stereocenters. The predicted molar refractivity (Wildman–Crippen MR) is 84.7 cm³/mol. The van der Waals surface area contributed by atoms with E-state index in [1.807, 2.05) is 24.0 Å². The molecule has 3 heterocycles. The number of rotatable bonds is 3. The maximum Gasteiger partial charge on any atom is 0.251 e. The second-order valence-electron chi connectivity index (χ2n) is 6.08. The highest BCUT2D eigenvalue weighted by atomic mass is 35.5. The minimum absolute atomic E-state index is 0.161. The highest BCUT2D eigenvalue weighted by Crippen LogP contribution is 2.21. The van der Waals surface area contributed by atoms with E-state index in [1.54, 1.807) is 6.20 Å². The van der Waals surface area contributed by atoms with Gasteiger partial charge >= 0.3 is 0 Å². The zero-order valence-corrected chi connectivity index (χ0v) is 13.6. The number of piperazine rings is 1. The van der Waals surface area contributed by atoms with Crippen molar-refractivity contribution in [3.63, 3.8) is 0 Å². The lowest BCUT2D eigenvalue weighted by molar-refractivity contribution is -0.144. The molecule has 0 aliphatic carbocycles. The first kappa shape index (κ1) is 15.7. The normalized spacial score (nSPS) is 26.4. The van der Waals surface area contributed by atoms with E-state index in [9.17, 15) is 4.79 Å². The largest absolute Gasteiger partial charge is 0.365 e. The van der Waals surface area contributed by atoms with Crippen LogP contribution in [-0.2, 0) is 16.1 Å². The number of carbonyl (C=O) groups excluding carboxylic acids is 1. The Hall–Kier alpha value is -1.17. The second kappa shape index (κ2) is 6.94. The van der Waals surface area contributed by atoms with Crippen molar-refractivity contribution in [2.45, 2.75) is 38.5 Å². The van der Waals surface area contributed by atoms with Crippen molar-refractivity contribution in [2.75, 3.05) is 26.2 Å². The molecule has 1 amide bonds. The molecule has 2 aliphatic rings. The van der Waals surface area contributed by atoms with Gasteiger partial charge in [0.1, 0.15) is 6.10 Å². The number of hydrogen-bond acceptors (Lipinski definition) is 4. The van der Waals surface area contributed by atoms with Crippen molar-refractivity contribution < 1.29 is 9.53 Å². The van der Waals surface area contributed by atoms with Crippen LogP contribution in [0.2, 0.25) is 5.02 Å². The van der Waals surface area contributed by atoms with Gasteiger partial charge in [0, 0.05) is 38.9 Å². The monoisotopic (exact) mass is 323 g/mol. The molecule has 6 heteroatoms. The summed E-state index contributed by atoms with van der Waals surface area (Å²) in [6.45, 7) is 6.11. The molecule has 1 aromatic rings. The van der Waals surface area contributed by atoms with Gasteiger partial charge in [-0.2, -0.15) is 0 Å². The maximum atomic E-state index is 12.4. The van der Waals surface area contributed by atoms with E-state index in [0.717, 1.165) is 51.3 Å². The lowest BCUT2D eigenvalue weighted by atomic mass is 10.1. The quantitative estimate of drug-likeness (QED) is 0.853. The summed E-state index contributed by atoms with van der Waals surface area (Å²) in [6.07, 6.45) is 3.51. The molecule has 0 saturated carbocycles. The van der Waals surface area contributed by atoms with Crippen molar-refractivity contribution in [1.29, 1.82) is 0 Å². The van der Waals surface area contributed by atoms with Crippen LogP contribution >= 0.6 is 11.6 Å². The summed E-state index contributed by atoms with van der Waals surface area (Å²) in [6, 6.07) is 3.82. The molecular weight excluding hydrogens is 302 g/mol. The van der Waals surface area contributed by atoms with Crippen LogP contribution in [0.5, 0.6) is 0 Å². The number of nitrogens with zero attached hydrogens (tertiary/aromatic N) is 3. The summed E-state index contributed by atoms with van der Waals surface area (Å²) in [5, 5.41) is 0.657. The Bertz CT molecular complexity index is 515. The van der Waals surface area contributed by atoms with Crippen LogP contribution in [0.4, 0.5) is 0 Å². The lowest BCUT2D eigenvalue weighted by Crippen LogP contribution is -2.51. The zero-order chi connectivity index (χ0) is 15.5. The summed E-state index contributed by atoms with van der Waals surface area (Å²) in [5.74, 6) is 0.161. The van der Waals surface area contributed by atoms with Crippen LogP contribution < -0.4 is 0 Å². The van der Waals surface area contributed by atoms with Crippen LogP contribution in [-0.4, -0.2) is 59.1 Å². The van der Waals surface area contributed by atoms with Gasteiger partial charge in [-0.3, -0.25) is 14.7 Å². The molecule has 2 unspecified atom stereocenters. The fourth-order valence-electron chi connectivity index (χ4n) is 3.04. The fourth-order valence-corrected chi connectivity index (χ4v) is 3.16. The highest BCUT2D eigenvalue weighted by Gasteiger charge is 2.32. The van der Waals surface area contributed by atoms with Gasteiger partial charge in [0.15, 0.2) is 0 Å². The van der Waals surface area contributed by atoms with Gasteiger partial charge < -0.3 is 9.64 Å². The number of halogens is 1. The number of hydrogen-bond donors (Lipinski definition) is 0. The summed E-state index contributed by atoms with van der Waals surface area (Å²) in [4.78, 5) is 21.0. The Morgan fingerprint density at radius 1 is 1.32 bits per heavy atom. The molecular formula is C16H22ClN3O2. The van der Waals surface area contributed by atoms with Crippen LogP contribution in [0.25, 0.3) is 0 Å². The standard InChI is InChI=1S/C16H22ClN3O2/c1-12-2-5-15(22-12)16(21)20-8-6-19(7-9-20)11-14-4-3-13(17)10-18-14/h3-4,10,12,15H,2,5-9,11H2,1H3. The van der Waals surface area contributed by atoms with Crippen LogP contribution in [0.3, 0.4) is 0 Å². The Balaban J connectivity index is 1.48. The van der Waals surface area contributed by atoms with Crippen molar-refractivity contribution in [3.05, 3.63) is 29.0 Å². The average Bonchev–Trinajstić information content (AvgIpc) is 2.96. The first-order chi connectivity index (χ1) is 10.6. The summed E-state index contributed by atoms with van der Waals surface area (Å²) >= 11 is 5.85. The van der Waals surface area contributed by atoms with E-state index in [4.69, 9.17) is 16.3 Å². The van der Waals surface area contributed by atoms with Gasteiger partial charge in [-0.1, -0.05) is 11.6 Å². The molecule has 1 aromatic heterocycles. The summed E-state index contributed by atoms with van der Waals surface area (Å²) < 4.78 is 5.68. The Morgan fingerprint density at radius 3 is 2.68 bits per heavy atom. The molecule has 3 rings (SSSR count). The molecule has 0 radical (unpaired) electrons. The minimum Gasteiger partial charge on any atom is -0.365 e.